The van der Waals surface area contributed by atoms with E-state index in [0.717, 1.165) is 15.5 Å². The highest BCUT2D eigenvalue weighted by Gasteiger charge is 2.06. The lowest BCUT2D eigenvalue weighted by Gasteiger charge is -2.07. The lowest BCUT2D eigenvalue weighted by molar-refractivity contribution is 0.169. The fraction of sp³-hybridized carbons (Fsp3) is 0.231. The molecule has 0 aliphatic carbocycles. The van der Waals surface area contributed by atoms with Gasteiger partial charge in [-0.3, -0.25) is 9.97 Å². The maximum absolute atomic E-state index is 9.63. The summed E-state index contributed by atoms with van der Waals surface area (Å²) in [5.74, 6) is 0. The summed E-state index contributed by atoms with van der Waals surface area (Å²) in [6.45, 7) is 1.94. The molecule has 17 heavy (non-hydrogen) atoms. The van der Waals surface area contributed by atoms with Crippen LogP contribution in [0.1, 0.15) is 25.1 Å². The Morgan fingerprint density at radius 1 is 1.18 bits per heavy atom. The Labute approximate surface area is 105 Å². The first-order chi connectivity index (χ1) is 8.29. The lowest BCUT2D eigenvalue weighted by Crippen LogP contribution is -1.97. The van der Waals surface area contributed by atoms with E-state index in [2.05, 4.69) is 9.97 Å². The van der Waals surface area contributed by atoms with Crippen LogP contribution in [0.15, 0.2) is 52.6 Å². The fourth-order valence-electron chi connectivity index (χ4n) is 1.40. The molecule has 0 amide bonds. The van der Waals surface area contributed by atoms with Gasteiger partial charge in [-0.15, -0.1) is 0 Å². The topological polar surface area (TPSA) is 46.0 Å². The first-order valence-corrected chi connectivity index (χ1v) is 6.33. The Balaban J connectivity index is 2.08. The van der Waals surface area contributed by atoms with Gasteiger partial charge < -0.3 is 5.11 Å². The van der Waals surface area contributed by atoms with E-state index in [4.69, 9.17) is 0 Å². The second-order valence-electron chi connectivity index (χ2n) is 3.63. The summed E-state index contributed by atoms with van der Waals surface area (Å²) in [6.07, 6.45) is 5.55. The highest BCUT2D eigenvalue weighted by molar-refractivity contribution is 7.99. The highest BCUT2D eigenvalue weighted by atomic mass is 32.2. The largest absolute Gasteiger partial charge is 0.387 e. The van der Waals surface area contributed by atoms with Gasteiger partial charge in [0.05, 0.1) is 11.8 Å². The molecule has 2 heterocycles. The van der Waals surface area contributed by atoms with Crippen LogP contribution >= 0.6 is 11.8 Å². The number of aromatic nitrogens is 2. The van der Waals surface area contributed by atoms with Crippen LogP contribution in [0.5, 0.6) is 0 Å². The first-order valence-electron chi connectivity index (χ1n) is 5.51. The van der Waals surface area contributed by atoms with E-state index >= 15 is 0 Å². The summed E-state index contributed by atoms with van der Waals surface area (Å²) in [4.78, 5) is 10.4. The molecule has 0 saturated carbocycles. The number of aliphatic hydroxyl groups excluding tert-OH is 1. The average Bonchev–Trinajstić information content (AvgIpc) is 2.40. The van der Waals surface area contributed by atoms with Gasteiger partial charge >= 0.3 is 0 Å². The molecule has 1 atom stereocenters. The molecule has 4 heteroatoms. The van der Waals surface area contributed by atoms with Gasteiger partial charge in [-0.25, -0.2) is 0 Å². The van der Waals surface area contributed by atoms with Crippen LogP contribution in [0, 0.1) is 0 Å². The molecule has 1 N–H and O–H groups in total. The van der Waals surface area contributed by atoms with E-state index < -0.39 is 6.10 Å². The molecule has 1 unspecified atom stereocenters. The lowest BCUT2D eigenvalue weighted by atomic mass is 10.2. The minimum absolute atomic E-state index is 0.463. The zero-order valence-electron chi connectivity index (χ0n) is 9.58. The van der Waals surface area contributed by atoms with Gasteiger partial charge in [0.1, 0.15) is 0 Å². The van der Waals surface area contributed by atoms with Crippen molar-refractivity contribution in [3.8, 4) is 0 Å². The van der Waals surface area contributed by atoms with Crippen molar-refractivity contribution in [2.45, 2.75) is 29.2 Å². The monoisotopic (exact) mass is 246 g/mol. The van der Waals surface area contributed by atoms with Gasteiger partial charge in [0.2, 0.25) is 0 Å². The van der Waals surface area contributed by atoms with Crippen molar-refractivity contribution in [2.24, 2.45) is 0 Å². The van der Waals surface area contributed by atoms with Gasteiger partial charge in [0.15, 0.2) is 0 Å². The number of aliphatic hydroxyl groups is 1. The smallest absolute Gasteiger partial charge is 0.0957 e. The van der Waals surface area contributed by atoms with Crippen molar-refractivity contribution in [3.63, 3.8) is 0 Å². The molecule has 88 valence electrons. The fourth-order valence-corrected chi connectivity index (χ4v) is 2.17. The van der Waals surface area contributed by atoms with E-state index in [-0.39, 0.29) is 0 Å². The number of pyridine rings is 2. The third-order valence-electron chi connectivity index (χ3n) is 2.37. The molecule has 0 spiro atoms. The van der Waals surface area contributed by atoms with Gasteiger partial charge in [0.25, 0.3) is 0 Å². The van der Waals surface area contributed by atoms with Gasteiger partial charge in [0, 0.05) is 28.4 Å². The third-order valence-corrected chi connectivity index (χ3v) is 3.36. The van der Waals surface area contributed by atoms with Crippen molar-refractivity contribution >= 4 is 11.8 Å². The molecule has 0 aliphatic heterocycles. The van der Waals surface area contributed by atoms with Gasteiger partial charge in [-0.2, -0.15) is 0 Å². The molecular weight excluding hydrogens is 232 g/mol. The number of rotatable bonds is 4. The minimum Gasteiger partial charge on any atom is -0.387 e. The van der Waals surface area contributed by atoms with Gasteiger partial charge in [-0.05, 0) is 30.7 Å². The summed E-state index contributed by atoms with van der Waals surface area (Å²) >= 11 is 1.63. The molecule has 0 bridgehead atoms. The summed E-state index contributed by atoms with van der Waals surface area (Å²) in [7, 11) is 0. The summed E-state index contributed by atoms with van der Waals surface area (Å²) in [5, 5.41) is 9.63. The number of hydrogen-bond donors (Lipinski definition) is 1. The van der Waals surface area contributed by atoms with Crippen LogP contribution < -0.4 is 0 Å². The van der Waals surface area contributed by atoms with Crippen molar-refractivity contribution in [3.05, 3.63) is 48.5 Å². The van der Waals surface area contributed by atoms with Crippen LogP contribution in [0.3, 0.4) is 0 Å². The Bertz CT molecular complexity index is 459. The average molecular weight is 246 g/mol. The quantitative estimate of drug-likeness (QED) is 0.900. The molecule has 2 aromatic heterocycles. The minimum atomic E-state index is -0.463. The molecule has 0 aliphatic rings. The zero-order chi connectivity index (χ0) is 12.1. The molecule has 3 nitrogen and oxygen atoms in total. The van der Waals surface area contributed by atoms with Crippen molar-refractivity contribution in [1.29, 1.82) is 0 Å². The maximum Gasteiger partial charge on any atom is 0.0957 e. The molecule has 0 aromatic carbocycles. The van der Waals surface area contributed by atoms with E-state index in [1.165, 1.54) is 0 Å². The highest BCUT2D eigenvalue weighted by Crippen LogP contribution is 2.27. The Kier molecular flexibility index (Phi) is 4.12. The van der Waals surface area contributed by atoms with E-state index in [0.29, 0.717) is 6.42 Å². The second-order valence-corrected chi connectivity index (χ2v) is 4.77. The summed E-state index contributed by atoms with van der Waals surface area (Å²) in [5.41, 5.74) is 0.728. The molecular formula is C13H14N2OS. The zero-order valence-corrected chi connectivity index (χ0v) is 10.4. The maximum atomic E-state index is 9.63. The third kappa shape index (κ3) is 3.28. The number of hydrogen-bond acceptors (Lipinski definition) is 4. The predicted molar refractivity (Wildman–Crippen MR) is 67.8 cm³/mol. The SMILES string of the molecule is CCC(O)c1ccc(Sc2ccncc2)cn1. The predicted octanol–water partition coefficient (Wildman–Crippen LogP) is 3.07. The molecule has 0 radical (unpaired) electrons. The van der Waals surface area contributed by atoms with Crippen molar-refractivity contribution in [2.75, 3.05) is 0 Å². The van der Waals surface area contributed by atoms with Crippen LogP contribution in [0.2, 0.25) is 0 Å². The van der Waals surface area contributed by atoms with E-state index in [9.17, 15) is 5.11 Å². The van der Waals surface area contributed by atoms with Crippen LogP contribution in [0.25, 0.3) is 0 Å². The van der Waals surface area contributed by atoms with E-state index in [1.807, 2.05) is 31.2 Å². The normalized spacial score (nSPS) is 12.4. The van der Waals surface area contributed by atoms with Crippen LogP contribution in [-0.4, -0.2) is 15.1 Å². The van der Waals surface area contributed by atoms with E-state index in [1.54, 1.807) is 30.4 Å². The summed E-state index contributed by atoms with van der Waals surface area (Å²) < 4.78 is 0. The van der Waals surface area contributed by atoms with Crippen molar-refractivity contribution in [1.82, 2.24) is 9.97 Å². The summed E-state index contributed by atoms with van der Waals surface area (Å²) in [6, 6.07) is 7.77. The molecule has 0 saturated heterocycles. The van der Waals surface area contributed by atoms with Crippen LogP contribution in [0.4, 0.5) is 0 Å². The van der Waals surface area contributed by atoms with Crippen molar-refractivity contribution < 1.29 is 5.11 Å². The van der Waals surface area contributed by atoms with Crippen LogP contribution in [-0.2, 0) is 0 Å². The molecule has 2 aromatic rings. The standard InChI is InChI=1S/C13H14N2OS/c1-2-13(16)12-4-3-11(9-15-12)17-10-5-7-14-8-6-10/h3-9,13,16H,2H2,1H3. The molecule has 2 rings (SSSR count). The Morgan fingerprint density at radius 2 is 1.94 bits per heavy atom. The van der Waals surface area contributed by atoms with Gasteiger partial charge in [-0.1, -0.05) is 18.7 Å². The molecule has 0 fully saturated rings. The Hall–Kier alpha value is -1.39. The Morgan fingerprint density at radius 3 is 2.53 bits per heavy atom. The number of nitrogens with zero attached hydrogens (tertiary/aromatic N) is 2. The second kappa shape index (κ2) is 5.80. The first kappa shape index (κ1) is 12.1.